The van der Waals surface area contributed by atoms with Crippen molar-refractivity contribution in [2.24, 2.45) is 52.8 Å². The van der Waals surface area contributed by atoms with Gasteiger partial charge in [-0.3, -0.25) is 0 Å². The highest BCUT2D eigenvalue weighted by molar-refractivity contribution is 5.18. The Hall–Kier alpha value is -0.0800. The van der Waals surface area contributed by atoms with E-state index in [0.29, 0.717) is 11.3 Å². The van der Waals surface area contributed by atoms with Crippen LogP contribution >= 0.6 is 0 Å². The monoisotopic (exact) mass is 332 g/mol. The highest BCUT2D eigenvalue weighted by Crippen LogP contribution is 2.75. The van der Waals surface area contributed by atoms with Gasteiger partial charge in [-0.2, -0.15) is 0 Å². The molecular formula is C22H36O2. The van der Waals surface area contributed by atoms with Gasteiger partial charge in [0, 0.05) is 0 Å². The zero-order valence-corrected chi connectivity index (χ0v) is 15.7. The van der Waals surface area contributed by atoms with E-state index in [1.165, 1.54) is 38.5 Å². The van der Waals surface area contributed by atoms with Crippen LogP contribution in [0.1, 0.15) is 72.1 Å². The predicted octanol–water partition coefficient (Wildman–Crippen LogP) is 4.24. The van der Waals surface area contributed by atoms with E-state index < -0.39 is 5.60 Å². The number of fused-ring (bicyclic) bond motifs is 7. The van der Waals surface area contributed by atoms with E-state index in [2.05, 4.69) is 20.8 Å². The zero-order chi connectivity index (χ0) is 16.9. The molecule has 11 atom stereocenters. The Labute approximate surface area is 147 Å². The largest absolute Gasteiger partial charge is 0.393 e. The topological polar surface area (TPSA) is 40.5 Å². The number of aliphatic hydroxyl groups is 2. The van der Waals surface area contributed by atoms with Crippen LogP contribution in [0.25, 0.3) is 0 Å². The van der Waals surface area contributed by atoms with Gasteiger partial charge in [0.2, 0.25) is 0 Å². The molecule has 2 N–H and O–H groups in total. The van der Waals surface area contributed by atoms with Gasteiger partial charge < -0.3 is 10.2 Å². The Morgan fingerprint density at radius 2 is 1.62 bits per heavy atom. The zero-order valence-electron chi connectivity index (χ0n) is 15.7. The summed E-state index contributed by atoms with van der Waals surface area (Å²) in [7, 11) is 0. The van der Waals surface area contributed by atoms with Gasteiger partial charge >= 0.3 is 0 Å². The first kappa shape index (κ1) is 16.1. The molecule has 5 fully saturated rings. The first-order chi connectivity index (χ1) is 11.3. The molecule has 0 saturated heterocycles. The Morgan fingerprint density at radius 1 is 0.875 bits per heavy atom. The molecular weight excluding hydrogens is 296 g/mol. The first-order valence-corrected chi connectivity index (χ1v) is 10.7. The summed E-state index contributed by atoms with van der Waals surface area (Å²) in [6.45, 7) is 6.65. The van der Waals surface area contributed by atoms with Crippen LogP contribution in [0.3, 0.4) is 0 Å². The average Bonchev–Trinajstić information content (AvgIpc) is 3.19. The minimum absolute atomic E-state index is 0.118. The van der Waals surface area contributed by atoms with Crippen LogP contribution in [0.4, 0.5) is 0 Å². The standard InChI is InChI=1S/C22H36O2/c1-12(23)19-17-10-18(17)20-16-5-4-13-11-21(2,24)8-6-14(13)15(16)7-9-22(19,20)3/h12-20,23-24H,4-11H2,1-3H3/t12?,13-,14+,15-,16-,17-,18-,19?,20-,21-,22-/m1/s1. The molecule has 0 bridgehead atoms. The lowest BCUT2D eigenvalue weighted by Gasteiger charge is -2.58. The van der Waals surface area contributed by atoms with Gasteiger partial charge in [0.15, 0.2) is 0 Å². The van der Waals surface area contributed by atoms with Gasteiger partial charge in [-0.15, -0.1) is 0 Å². The lowest BCUT2D eigenvalue weighted by Crippen LogP contribution is -2.52. The normalized spacial score (nSPS) is 62.9. The fourth-order valence-electron chi connectivity index (χ4n) is 9.01. The minimum atomic E-state index is -0.399. The molecule has 5 rings (SSSR count). The summed E-state index contributed by atoms with van der Waals surface area (Å²) < 4.78 is 0. The van der Waals surface area contributed by atoms with Crippen molar-refractivity contribution in [1.29, 1.82) is 0 Å². The molecule has 0 radical (unpaired) electrons. The highest BCUT2D eigenvalue weighted by atomic mass is 16.3. The molecule has 0 aromatic heterocycles. The van der Waals surface area contributed by atoms with Crippen molar-refractivity contribution in [2.45, 2.75) is 83.8 Å². The number of hydrogen-bond donors (Lipinski definition) is 2. The summed E-state index contributed by atoms with van der Waals surface area (Å²) in [5, 5.41) is 21.0. The van der Waals surface area contributed by atoms with E-state index in [1.807, 2.05) is 0 Å². The van der Waals surface area contributed by atoms with Crippen molar-refractivity contribution in [3.05, 3.63) is 0 Å². The smallest absolute Gasteiger partial charge is 0.0622 e. The molecule has 5 aliphatic rings. The Morgan fingerprint density at radius 3 is 2.38 bits per heavy atom. The lowest BCUT2D eigenvalue weighted by atomic mass is 9.47. The van der Waals surface area contributed by atoms with Gasteiger partial charge in [-0.25, -0.2) is 0 Å². The molecule has 0 aromatic rings. The number of rotatable bonds is 1. The molecule has 2 unspecified atom stereocenters. The number of aliphatic hydroxyl groups excluding tert-OH is 1. The van der Waals surface area contributed by atoms with Crippen LogP contribution < -0.4 is 0 Å². The average molecular weight is 333 g/mol. The summed E-state index contributed by atoms with van der Waals surface area (Å²) >= 11 is 0. The van der Waals surface area contributed by atoms with E-state index >= 15 is 0 Å². The molecule has 5 aliphatic carbocycles. The van der Waals surface area contributed by atoms with Crippen molar-refractivity contribution in [2.75, 3.05) is 0 Å². The minimum Gasteiger partial charge on any atom is -0.393 e. The molecule has 0 aromatic carbocycles. The lowest BCUT2D eigenvalue weighted by molar-refractivity contribution is -0.116. The van der Waals surface area contributed by atoms with Crippen molar-refractivity contribution >= 4 is 0 Å². The summed E-state index contributed by atoms with van der Waals surface area (Å²) in [6, 6.07) is 0. The van der Waals surface area contributed by atoms with E-state index in [9.17, 15) is 10.2 Å². The molecule has 24 heavy (non-hydrogen) atoms. The summed E-state index contributed by atoms with van der Waals surface area (Å²) in [5.74, 6) is 6.75. The SMILES string of the molecule is CC(O)C1[C@@H]2C[C@H]2[C@H]2[C@@H]3CC[C@@H]4C[C@](C)(O)CC[C@@H]4[C@H]3CC[C@]12C. The molecule has 2 heteroatoms. The fraction of sp³-hybridized carbons (Fsp3) is 1.00. The second kappa shape index (κ2) is 5.00. The van der Waals surface area contributed by atoms with Gasteiger partial charge in [0.05, 0.1) is 11.7 Å². The van der Waals surface area contributed by atoms with E-state index in [0.717, 1.165) is 54.3 Å². The first-order valence-electron chi connectivity index (χ1n) is 10.7. The molecule has 0 aliphatic heterocycles. The van der Waals surface area contributed by atoms with Gasteiger partial charge in [0.25, 0.3) is 0 Å². The van der Waals surface area contributed by atoms with Crippen molar-refractivity contribution < 1.29 is 10.2 Å². The van der Waals surface area contributed by atoms with Gasteiger partial charge in [-0.05, 0) is 118 Å². The summed E-state index contributed by atoms with van der Waals surface area (Å²) in [5.41, 5.74) is 0.0134. The van der Waals surface area contributed by atoms with Crippen LogP contribution in [0.5, 0.6) is 0 Å². The maximum absolute atomic E-state index is 10.5. The van der Waals surface area contributed by atoms with Crippen LogP contribution in [0.2, 0.25) is 0 Å². The third kappa shape index (κ3) is 2.08. The third-order valence-electron chi connectivity index (χ3n) is 9.63. The Balaban J connectivity index is 1.42. The Kier molecular flexibility index (Phi) is 3.36. The molecule has 5 saturated carbocycles. The highest BCUT2D eigenvalue weighted by Gasteiger charge is 2.70. The number of hydrogen-bond acceptors (Lipinski definition) is 2. The quantitative estimate of drug-likeness (QED) is 0.754. The molecule has 0 spiro atoms. The van der Waals surface area contributed by atoms with Crippen LogP contribution in [-0.2, 0) is 0 Å². The van der Waals surface area contributed by atoms with Crippen LogP contribution in [0.15, 0.2) is 0 Å². The second-order valence-corrected chi connectivity index (χ2v) is 11.0. The summed E-state index contributed by atoms with van der Waals surface area (Å²) in [4.78, 5) is 0. The van der Waals surface area contributed by atoms with E-state index in [1.54, 1.807) is 0 Å². The summed E-state index contributed by atoms with van der Waals surface area (Å²) in [6.07, 6.45) is 10.1. The van der Waals surface area contributed by atoms with Crippen molar-refractivity contribution in [3.63, 3.8) is 0 Å². The van der Waals surface area contributed by atoms with Gasteiger partial charge in [-0.1, -0.05) is 6.92 Å². The molecule has 0 amide bonds. The van der Waals surface area contributed by atoms with Crippen molar-refractivity contribution in [1.82, 2.24) is 0 Å². The molecule has 0 heterocycles. The maximum atomic E-state index is 10.5. The third-order valence-corrected chi connectivity index (χ3v) is 9.63. The fourth-order valence-corrected chi connectivity index (χ4v) is 9.01. The van der Waals surface area contributed by atoms with E-state index in [4.69, 9.17) is 0 Å². The molecule has 136 valence electrons. The van der Waals surface area contributed by atoms with Gasteiger partial charge in [0.1, 0.15) is 0 Å². The van der Waals surface area contributed by atoms with E-state index in [-0.39, 0.29) is 6.10 Å². The van der Waals surface area contributed by atoms with Crippen molar-refractivity contribution in [3.8, 4) is 0 Å². The Bertz CT molecular complexity index is 526. The second-order valence-electron chi connectivity index (χ2n) is 11.0. The predicted molar refractivity (Wildman–Crippen MR) is 95.3 cm³/mol. The van der Waals surface area contributed by atoms with Crippen LogP contribution in [0, 0.1) is 52.8 Å². The maximum Gasteiger partial charge on any atom is 0.0622 e. The molecule has 2 nitrogen and oxygen atoms in total. The van der Waals surface area contributed by atoms with Crippen LogP contribution in [-0.4, -0.2) is 21.9 Å².